The molecule has 1 aliphatic heterocycles. The Morgan fingerprint density at radius 3 is 2.88 bits per heavy atom. The van der Waals surface area contributed by atoms with Crippen LogP contribution < -0.4 is 4.74 Å². The number of pyridine rings is 1. The minimum absolute atomic E-state index is 0.190. The maximum atomic E-state index is 11.7. The molecule has 24 heavy (non-hydrogen) atoms. The first-order valence-electron chi connectivity index (χ1n) is 8.15. The van der Waals surface area contributed by atoms with Gasteiger partial charge in [0.1, 0.15) is 11.8 Å². The monoisotopic (exact) mass is 326 g/mol. The summed E-state index contributed by atoms with van der Waals surface area (Å²) in [6.45, 7) is 2.74. The lowest BCUT2D eigenvalue weighted by molar-refractivity contribution is -0.142. The summed E-state index contributed by atoms with van der Waals surface area (Å²) in [5.74, 6) is -0.0109. The third-order valence-electron chi connectivity index (χ3n) is 4.53. The second kappa shape index (κ2) is 7.01. The van der Waals surface area contributed by atoms with E-state index in [1.807, 2.05) is 54.4 Å². The van der Waals surface area contributed by atoms with Crippen LogP contribution in [0.25, 0.3) is 0 Å². The Morgan fingerprint density at radius 1 is 1.38 bits per heavy atom. The first-order valence-corrected chi connectivity index (χ1v) is 8.15. The van der Waals surface area contributed by atoms with E-state index in [-0.39, 0.29) is 6.04 Å². The Morgan fingerprint density at radius 2 is 2.21 bits per heavy atom. The van der Waals surface area contributed by atoms with Gasteiger partial charge < -0.3 is 9.84 Å². The lowest BCUT2D eigenvalue weighted by Crippen LogP contribution is -2.39. The highest BCUT2D eigenvalue weighted by Crippen LogP contribution is 2.35. The summed E-state index contributed by atoms with van der Waals surface area (Å²) in [5.41, 5.74) is 2.94. The number of aromatic nitrogens is 1. The van der Waals surface area contributed by atoms with Crippen molar-refractivity contribution in [2.24, 2.45) is 0 Å². The molecule has 2 aromatic rings. The number of rotatable bonds is 5. The lowest BCUT2D eigenvalue weighted by atomic mass is 9.99. The Labute approximate surface area is 141 Å². The van der Waals surface area contributed by atoms with Gasteiger partial charge in [0.2, 0.25) is 0 Å². The van der Waals surface area contributed by atoms with Crippen LogP contribution in [0.3, 0.4) is 0 Å². The number of likely N-dealkylation sites (tertiary alicyclic amines) is 1. The van der Waals surface area contributed by atoms with E-state index in [1.54, 1.807) is 7.11 Å². The van der Waals surface area contributed by atoms with E-state index >= 15 is 0 Å². The fourth-order valence-electron chi connectivity index (χ4n) is 3.35. The van der Waals surface area contributed by atoms with Crippen molar-refractivity contribution in [2.45, 2.75) is 31.8 Å². The molecule has 0 bridgehead atoms. The second-order valence-electron chi connectivity index (χ2n) is 6.17. The molecule has 3 rings (SSSR count). The molecule has 5 nitrogen and oxygen atoms in total. The molecule has 1 aliphatic rings. The second-order valence-corrected chi connectivity index (χ2v) is 6.17. The quantitative estimate of drug-likeness (QED) is 0.915. The summed E-state index contributed by atoms with van der Waals surface area (Å²) in [6.07, 6.45) is 3.37. The predicted molar refractivity (Wildman–Crippen MR) is 91.2 cm³/mol. The summed E-state index contributed by atoms with van der Waals surface area (Å²) < 4.78 is 5.34. The Kier molecular flexibility index (Phi) is 4.81. The minimum Gasteiger partial charge on any atom is -0.497 e. The van der Waals surface area contributed by atoms with Gasteiger partial charge in [0.05, 0.1) is 18.8 Å². The highest BCUT2D eigenvalue weighted by Gasteiger charge is 2.37. The predicted octanol–water partition coefficient (Wildman–Crippen LogP) is 3.04. The smallest absolute Gasteiger partial charge is 0.320 e. The summed E-state index contributed by atoms with van der Waals surface area (Å²) in [6, 6.07) is 11.1. The Hall–Kier alpha value is -2.40. The number of benzene rings is 1. The van der Waals surface area contributed by atoms with Gasteiger partial charge in [-0.1, -0.05) is 18.2 Å². The molecule has 0 spiro atoms. The molecule has 1 fully saturated rings. The molecule has 0 radical (unpaired) electrons. The molecular formula is C19H22N2O3. The fraction of sp³-hybridized carbons (Fsp3) is 0.368. The van der Waals surface area contributed by atoms with Gasteiger partial charge in [-0.2, -0.15) is 0 Å². The van der Waals surface area contributed by atoms with E-state index in [2.05, 4.69) is 4.98 Å². The van der Waals surface area contributed by atoms with E-state index < -0.39 is 12.0 Å². The van der Waals surface area contributed by atoms with Crippen molar-refractivity contribution in [3.05, 3.63) is 59.4 Å². The van der Waals surface area contributed by atoms with Crippen LogP contribution in [-0.4, -0.2) is 40.7 Å². The number of hydrogen-bond acceptors (Lipinski definition) is 4. The van der Waals surface area contributed by atoms with Crippen molar-refractivity contribution in [1.29, 1.82) is 0 Å². The molecule has 1 aromatic carbocycles. The van der Waals surface area contributed by atoms with Gasteiger partial charge in [0.25, 0.3) is 0 Å². The van der Waals surface area contributed by atoms with Gasteiger partial charge in [-0.05, 0) is 49.1 Å². The van der Waals surface area contributed by atoms with Crippen molar-refractivity contribution in [3.8, 4) is 5.75 Å². The van der Waals surface area contributed by atoms with Crippen LogP contribution in [0, 0.1) is 6.92 Å². The minimum atomic E-state index is -0.771. The average molecular weight is 326 g/mol. The van der Waals surface area contributed by atoms with Gasteiger partial charge >= 0.3 is 5.97 Å². The third kappa shape index (κ3) is 3.26. The number of carboxylic acid groups (broad SMARTS) is 1. The van der Waals surface area contributed by atoms with Crippen LogP contribution in [0.15, 0.2) is 42.6 Å². The van der Waals surface area contributed by atoms with Crippen LogP contribution in [0.2, 0.25) is 0 Å². The first-order chi connectivity index (χ1) is 11.6. The van der Waals surface area contributed by atoms with E-state index in [0.29, 0.717) is 6.42 Å². The van der Waals surface area contributed by atoms with Crippen LogP contribution in [0.4, 0.5) is 0 Å². The van der Waals surface area contributed by atoms with Crippen molar-refractivity contribution in [3.63, 3.8) is 0 Å². The number of ether oxygens (including phenoxy) is 1. The molecule has 1 saturated heterocycles. The van der Waals surface area contributed by atoms with E-state index in [0.717, 1.165) is 35.5 Å². The van der Waals surface area contributed by atoms with Crippen LogP contribution in [0.1, 0.15) is 35.7 Å². The zero-order valence-electron chi connectivity index (χ0n) is 14.0. The average Bonchev–Trinajstić information content (AvgIpc) is 3.07. The first kappa shape index (κ1) is 16.5. The molecule has 0 amide bonds. The summed E-state index contributed by atoms with van der Waals surface area (Å²) >= 11 is 0. The summed E-state index contributed by atoms with van der Waals surface area (Å²) in [7, 11) is 1.63. The van der Waals surface area contributed by atoms with Crippen LogP contribution in [-0.2, 0) is 4.79 Å². The molecule has 126 valence electrons. The number of aliphatic carboxylic acids is 1. The van der Waals surface area contributed by atoms with Crippen molar-refractivity contribution < 1.29 is 14.6 Å². The van der Waals surface area contributed by atoms with Crippen molar-refractivity contribution in [2.75, 3.05) is 13.7 Å². The normalized spacial score (nSPS) is 19.2. The molecule has 1 aromatic heterocycles. The summed E-state index contributed by atoms with van der Waals surface area (Å²) in [5, 5.41) is 9.58. The summed E-state index contributed by atoms with van der Waals surface area (Å²) in [4.78, 5) is 18.3. The third-order valence-corrected chi connectivity index (χ3v) is 4.53. The van der Waals surface area contributed by atoms with Gasteiger partial charge in [-0.15, -0.1) is 0 Å². The van der Waals surface area contributed by atoms with Crippen molar-refractivity contribution in [1.82, 2.24) is 9.88 Å². The molecule has 5 heteroatoms. The molecule has 0 aliphatic carbocycles. The zero-order chi connectivity index (χ0) is 17.1. The number of carbonyl (C=O) groups is 1. The van der Waals surface area contributed by atoms with E-state index in [1.165, 1.54) is 0 Å². The van der Waals surface area contributed by atoms with Crippen LogP contribution in [0.5, 0.6) is 5.75 Å². The highest BCUT2D eigenvalue weighted by molar-refractivity contribution is 5.74. The SMILES string of the molecule is COc1cccc(C(c2ccc(C)cn2)N2CCCC2C(=O)O)c1. The molecule has 2 unspecified atom stereocenters. The molecule has 2 heterocycles. The number of methoxy groups -OCH3 is 1. The lowest BCUT2D eigenvalue weighted by Gasteiger charge is -2.31. The highest BCUT2D eigenvalue weighted by atomic mass is 16.5. The van der Waals surface area contributed by atoms with Crippen molar-refractivity contribution >= 4 is 5.97 Å². The van der Waals surface area contributed by atoms with Crippen LogP contribution >= 0.6 is 0 Å². The molecule has 1 N–H and O–H groups in total. The zero-order valence-corrected chi connectivity index (χ0v) is 14.0. The standard InChI is InChI=1S/C19H22N2O3/c1-13-8-9-16(20-12-13)18(14-5-3-6-15(11-14)24-2)21-10-4-7-17(21)19(22)23/h3,5-6,8-9,11-12,17-18H,4,7,10H2,1-2H3,(H,22,23). The maximum Gasteiger partial charge on any atom is 0.320 e. The molecule has 2 atom stereocenters. The Balaban J connectivity index is 2.06. The van der Waals surface area contributed by atoms with E-state index in [9.17, 15) is 9.90 Å². The Bertz CT molecular complexity index is 715. The number of hydrogen-bond donors (Lipinski definition) is 1. The number of carboxylic acids is 1. The van der Waals surface area contributed by atoms with Gasteiger partial charge in [-0.3, -0.25) is 14.7 Å². The van der Waals surface area contributed by atoms with E-state index in [4.69, 9.17) is 4.74 Å². The van der Waals surface area contributed by atoms with Gasteiger partial charge in [0.15, 0.2) is 0 Å². The van der Waals surface area contributed by atoms with Gasteiger partial charge in [-0.25, -0.2) is 0 Å². The topological polar surface area (TPSA) is 62.7 Å². The largest absolute Gasteiger partial charge is 0.497 e. The fourth-order valence-corrected chi connectivity index (χ4v) is 3.35. The number of nitrogens with zero attached hydrogens (tertiary/aromatic N) is 2. The maximum absolute atomic E-state index is 11.7. The van der Waals surface area contributed by atoms with Gasteiger partial charge in [0, 0.05) is 12.7 Å². The number of aryl methyl sites for hydroxylation is 1. The molecule has 0 saturated carbocycles. The molecular weight excluding hydrogens is 304 g/mol.